The molecule has 4 rings (SSSR count). The Morgan fingerprint density at radius 3 is 2.20 bits per heavy atom. The summed E-state index contributed by atoms with van der Waals surface area (Å²) in [6, 6.07) is -0.479. The number of nitrogens with one attached hydrogen (secondary N) is 2. The number of ether oxygens (including phenoxy) is 1. The molecule has 25 heavy (non-hydrogen) atoms. The molecule has 4 aliphatic rings. The van der Waals surface area contributed by atoms with Gasteiger partial charge in [-0.05, 0) is 63.2 Å². The maximum atomic E-state index is 12.2. The zero-order valence-corrected chi connectivity index (χ0v) is 14.6. The van der Waals surface area contributed by atoms with Gasteiger partial charge < -0.3 is 10.1 Å². The van der Waals surface area contributed by atoms with Crippen LogP contribution in [0, 0.1) is 17.8 Å². The Morgan fingerprint density at radius 1 is 1.04 bits per heavy atom. The molecule has 4 bridgehead atoms. The molecule has 0 saturated heterocycles. The molecule has 0 unspecified atom stereocenters. The van der Waals surface area contributed by atoms with Crippen molar-refractivity contribution in [1.29, 1.82) is 0 Å². The van der Waals surface area contributed by atoms with Crippen LogP contribution in [0.3, 0.4) is 0 Å². The highest BCUT2D eigenvalue weighted by atomic mass is 16.5. The van der Waals surface area contributed by atoms with Crippen molar-refractivity contribution in [3.05, 3.63) is 24.3 Å². The molecule has 0 heterocycles. The third-order valence-corrected chi connectivity index (χ3v) is 5.55. The number of urea groups is 1. The Labute approximate surface area is 148 Å². The molecule has 4 saturated carbocycles. The van der Waals surface area contributed by atoms with E-state index in [2.05, 4.69) is 10.6 Å². The molecular formula is C19H26N2O4. The highest BCUT2D eigenvalue weighted by Crippen LogP contribution is 2.55. The topological polar surface area (TPSA) is 84.5 Å². The molecule has 0 aliphatic heterocycles. The number of allylic oxidation sites excluding steroid dienone is 3. The van der Waals surface area contributed by atoms with Crippen molar-refractivity contribution in [2.24, 2.45) is 17.8 Å². The van der Waals surface area contributed by atoms with Gasteiger partial charge in [0.15, 0.2) is 6.61 Å². The lowest BCUT2D eigenvalue weighted by atomic mass is 9.53. The van der Waals surface area contributed by atoms with Crippen LogP contribution in [0.25, 0.3) is 0 Å². The summed E-state index contributed by atoms with van der Waals surface area (Å²) in [6.07, 6.45) is 13.1. The van der Waals surface area contributed by atoms with Gasteiger partial charge in [-0.1, -0.05) is 18.2 Å². The van der Waals surface area contributed by atoms with Crippen LogP contribution < -0.4 is 10.6 Å². The Balaban J connectivity index is 1.43. The normalized spacial score (nSPS) is 32.9. The van der Waals surface area contributed by atoms with Crippen LogP contribution >= 0.6 is 0 Å². The first-order chi connectivity index (χ1) is 12.0. The minimum Gasteiger partial charge on any atom is -0.452 e. The van der Waals surface area contributed by atoms with Gasteiger partial charge in [0, 0.05) is 11.6 Å². The Morgan fingerprint density at radius 2 is 1.64 bits per heavy atom. The number of imide groups is 1. The molecular weight excluding hydrogens is 320 g/mol. The van der Waals surface area contributed by atoms with Crippen molar-refractivity contribution in [2.45, 2.75) is 51.0 Å². The first-order valence-electron chi connectivity index (χ1n) is 9.06. The van der Waals surface area contributed by atoms with Crippen molar-refractivity contribution in [1.82, 2.24) is 10.6 Å². The molecule has 4 aliphatic carbocycles. The van der Waals surface area contributed by atoms with E-state index in [0.29, 0.717) is 17.8 Å². The van der Waals surface area contributed by atoms with Crippen molar-refractivity contribution >= 4 is 17.9 Å². The van der Waals surface area contributed by atoms with E-state index in [9.17, 15) is 14.4 Å². The fraction of sp³-hybridized carbons (Fsp3) is 0.632. The lowest BCUT2D eigenvalue weighted by Gasteiger charge is -2.56. The van der Waals surface area contributed by atoms with E-state index >= 15 is 0 Å². The minimum atomic E-state index is -0.616. The smallest absolute Gasteiger partial charge is 0.331 e. The van der Waals surface area contributed by atoms with Crippen LogP contribution in [0.5, 0.6) is 0 Å². The molecule has 0 spiro atoms. The lowest BCUT2D eigenvalue weighted by Crippen LogP contribution is -2.62. The van der Waals surface area contributed by atoms with Gasteiger partial charge in [-0.15, -0.1) is 0 Å². The minimum absolute atomic E-state index is 0.148. The zero-order chi connectivity index (χ0) is 17.9. The van der Waals surface area contributed by atoms with E-state index in [0.717, 1.165) is 19.3 Å². The summed E-state index contributed by atoms with van der Waals surface area (Å²) in [4.78, 5) is 35.4. The van der Waals surface area contributed by atoms with Gasteiger partial charge in [0.1, 0.15) is 0 Å². The van der Waals surface area contributed by atoms with Gasteiger partial charge in [-0.3, -0.25) is 10.1 Å². The summed E-state index contributed by atoms with van der Waals surface area (Å²) in [7, 11) is 0. The fourth-order valence-corrected chi connectivity index (χ4v) is 5.13. The van der Waals surface area contributed by atoms with E-state index in [-0.39, 0.29) is 5.54 Å². The Bertz CT molecular complexity index is 573. The second-order valence-corrected chi connectivity index (χ2v) is 7.69. The van der Waals surface area contributed by atoms with Gasteiger partial charge in [0.2, 0.25) is 0 Å². The van der Waals surface area contributed by atoms with Gasteiger partial charge in [-0.2, -0.15) is 0 Å². The molecule has 0 aromatic rings. The molecule has 3 amide bonds. The second kappa shape index (κ2) is 7.42. The van der Waals surface area contributed by atoms with Crippen LogP contribution in [0.15, 0.2) is 24.3 Å². The van der Waals surface area contributed by atoms with Crippen molar-refractivity contribution in [3.63, 3.8) is 0 Å². The SMILES string of the molecule is C/C=C/C=C/C(=O)OCC(=O)NC(=O)NC12CC3CC(CC(C3)C1)C2. The molecule has 6 nitrogen and oxygen atoms in total. The van der Waals surface area contributed by atoms with Crippen LogP contribution in [0.4, 0.5) is 4.79 Å². The zero-order valence-electron chi connectivity index (χ0n) is 14.6. The molecule has 4 fully saturated rings. The highest BCUT2D eigenvalue weighted by molar-refractivity contribution is 5.96. The van der Waals surface area contributed by atoms with Crippen LogP contribution in [0.2, 0.25) is 0 Å². The summed E-state index contributed by atoms with van der Waals surface area (Å²) >= 11 is 0. The van der Waals surface area contributed by atoms with Gasteiger partial charge in [0.25, 0.3) is 5.91 Å². The third kappa shape index (κ3) is 4.50. The van der Waals surface area contributed by atoms with E-state index < -0.39 is 24.5 Å². The predicted octanol–water partition coefficient (Wildman–Crippen LogP) is 2.46. The average Bonchev–Trinajstić information content (AvgIpc) is 2.51. The Hall–Kier alpha value is -2.11. The number of esters is 1. The molecule has 136 valence electrons. The summed E-state index contributed by atoms with van der Waals surface area (Å²) in [5.41, 5.74) is -0.148. The number of carbonyl (C=O) groups excluding carboxylic acids is 3. The Kier molecular flexibility index (Phi) is 5.25. The number of hydrogen-bond donors (Lipinski definition) is 2. The van der Waals surface area contributed by atoms with Crippen LogP contribution in [-0.4, -0.2) is 30.1 Å². The van der Waals surface area contributed by atoms with Gasteiger partial charge in [0.05, 0.1) is 0 Å². The monoisotopic (exact) mass is 346 g/mol. The molecule has 2 N–H and O–H groups in total. The van der Waals surface area contributed by atoms with Crippen molar-refractivity contribution in [2.75, 3.05) is 6.61 Å². The predicted molar refractivity (Wildman–Crippen MR) is 92.5 cm³/mol. The first-order valence-corrected chi connectivity index (χ1v) is 9.06. The maximum absolute atomic E-state index is 12.2. The molecule has 0 atom stereocenters. The molecule has 0 aromatic carbocycles. The van der Waals surface area contributed by atoms with Crippen LogP contribution in [0.1, 0.15) is 45.4 Å². The van der Waals surface area contributed by atoms with Crippen molar-refractivity contribution in [3.8, 4) is 0 Å². The largest absolute Gasteiger partial charge is 0.452 e. The molecule has 0 aromatic heterocycles. The number of carbonyl (C=O) groups is 3. The summed E-state index contributed by atoms with van der Waals surface area (Å²) < 4.78 is 4.79. The van der Waals surface area contributed by atoms with Gasteiger partial charge >= 0.3 is 12.0 Å². The van der Waals surface area contributed by atoms with E-state index in [4.69, 9.17) is 4.74 Å². The van der Waals surface area contributed by atoms with E-state index in [1.165, 1.54) is 31.4 Å². The number of hydrogen-bond acceptors (Lipinski definition) is 4. The average molecular weight is 346 g/mol. The molecule has 6 heteroatoms. The second-order valence-electron chi connectivity index (χ2n) is 7.69. The summed E-state index contributed by atoms with van der Waals surface area (Å²) in [5, 5.41) is 5.32. The lowest BCUT2D eigenvalue weighted by molar-refractivity contribution is -0.143. The standard InChI is InChI=1S/C19H26N2O4/c1-2-3-4-5-17(23)25-12-16(22)20-18(24)21-19-9-13-6-14(10-19)8-15(7-13)11-19/h2-5,13-15H,6-12H2,1H3,(H2,20,21,22,24)/b3-2+,5-4+. The number of rotatable bonds is 5. The summed E-state index contributed by atoms with van der Waals surface area (Å²) in [5.74, 6) is 0.913. The first kappa shape index (κ1) is 17.7. The van der Waals surface area contributed by atoms with Gasteiger partial charge in [-0.25, -0.2) is 9.59 Å². The number of amides is 3. The highest BCUT2D eigenvalue weighted by Gasteiger charge is 2.51. The quantitative estimate of drug-likeness (QED) is 0.455. The van der Waals surface area contributed by atoms with E-state index in [1.807, 2.05) is 6.92 Å². The third-order valence-electron chi connectivity index (χ3n) is 5.55. The maximum Gasteiger partial charge on any atom is 0.331 e. The summed E-state index contributed by atoms with van der Waals surface area (Å²) in [6.45, 7) is 1.36. The molecule has 0 radical (unpaired) electrons. The van der Waals surface area contributed by atoms with Crippen molar-refractivity contribution < 1.29 is 19.1 Å². The van der Waals surface area contributed by atoms with E-state index in [1.54, 1.807) is 12.2 Å². The fourth-order valence-electron chi connectivity index (χ4n) is 5.13. The van der Waals surface area contributed by atoms with Crippen LogP contribution in [-0.2, 0) is 14.3 Å².